The molecule has 19 heavy (non-hydrogen) atoms. The van der Waals surface area contributed by atoms with E-state index >= 15 is 0 Å². The third kappa shape index (κ3) is 3.96. The van der Waals surface area contributed by atoms with Crippen molar-refractivity contribution in [3.63, 3.8) is 0 Å². The molecule has 0 aliphatic rings. The number of nitrogens with two attached hydrogens (primary N) is 1. The first-order valence-corrected chi connectivity index (χ1v) is 6.38. The third-order valence-electron chi connectivity index (χ3n) is 2.89. The summed E-state index contributed by atoms with van der Waals surface area (Å²) in [6, 6.07) is 4.01. The van der Waals surface area contributed by atoms with E-state index in [4.69, 9.17) is 5.73 Å². The van der Waals surface area contributed by atoms with Gasteiger partial charge in [0.05, 0.1) is 0 Å². The molecule has 0 amide bonds. The molecule has 0 bridgehead atoms. The van der Waals surface area contributed by atoms with Crippen LogP contribution in [0, 0.1) is 0 Å². The van der Waals surface area contributed by atoms with Crippen LogP contribution < -0.4 is 16.0 Å². The molecule has 0 aromatic carbocycles. The van der Waals surface area contributed by atoms with E-state index in [-0.39, 0.29) is 0 Å². The molecule has 0 saturated carbocycles. The molecule has 2 heterocycles. The zero-order valence-corrected chi connectivity index (χ0v) is 11.1. The van der Waals surface area contributed by atoms with Crippen molar-refractivity contribution in [3.8, 4) is 0 Å². The van der Waals surface area contributed by atoms with Crippen molar-refractivity contribution in [1.29, 1.82) is 0 Å². The lowest BCUT2D eigenvalue weighted by Gasteiger charge is -2.17. The molecule has 6 nitrogen and oxygen atoms in total. The van der Waals surface area contributed by atoms with Crippen molar-refractivity contribution in [1.82, 2.24) is 15.0 Å². The number of hydrogen-bond acceptors (Lipinski definition) is 5. The molecule has 102 valence electrons. The quantitative estimate of drug-likeness (QED) is 0.687. The van der Waals surface area contributed by atoms with Gasteiger partial charge in [-0.2, -0.15) is 0 Å². The van der Waals surface area contributed by atoms with Crippen LogP contribution >= 0.6 is 0 Å². The van der Waals surface area contributed by atoms with E-state index in [1.165, 1.54) is 5.56 Å². The van der Waals surface area contributed by atoms with Gasteiger partial charge in [0.15, 0.2) is 0 Å². The summed E-state index contributed by atoms with van der Waals surface area (Å²) in [6.07, 6.45) is 6.46. The predicted octanol–water partition coefficient (Wildman–Crippen LogP) is 0.854. The number of H-pyrrole nitrogens is 1. The van der Waals surface area contributed by atoms with Gasteiger partial charge in [-0.25, -0.2) is 9.97 Å². The number of nitrogens with zero attached hydrogens (tertiary/aromatic N) is 3. The second kappa shape index (κ2) is 6.75. The fourth-order valence-corrected chi connectivity index (χ4v) is 1.81. The van der Waals surface area contributed by atoms with Gasteiger partial charge in [0.2, 0.25) is 0 Å². The van der Waals surface area contributed by atoms with Gasteiger partial charge in [-0.05, 0) is 18.1 Å². The molecule has 0 radical (unpaired) electrons. The van der Waals surface area contributed by atoms with Crippen molar-refractivity contribution in [3.05, 3.63) is 36.4 Å². The maximum atomic E-state index is 5.54. The van der Waals surface area contributed by atoms with Crippen LogP contribution in [-0.4, -0.2) is 41.6 Å². The highest BCUT2D eigenvalue weighted by Crippen LogP contribution is 2.12. The fourth-order valence-electron chi connectivity index (χ4n) is 1.81. The zero-order chi connectivity index (χ0) is 13.5. The number of anilines is 2. The van der Waals surface area contributed by atoms with E-state index < -0.39 is 0 Å². The van der Waals surface area contributed by atoms with Gasteiger partial charge < -0.3 is 20.9 Å². The smallest absolute Gasteiger partial charge is 0.133 e. The second-order valence-corrected chi connectivity index (χ2v) is 4.37. The average molecular weight is 260 g/mol. The SMILES string of the molecule is CN(CCN)c1cc(NCCc2cc[nH]c2)ncn1. The minimum atomic E-state index is 0.608. The van der Waals surface area contributed by atoms with Gasteiger partial charge in [0.25, 0.3) is 0 Å². The molecule has 0 atom stereocenters. The van der Waals surface area contributed by atoms with E-state index in [1.807, 2.05) is 30.4 Å². The summed E-state index contributed by atoms with van der Waals surface area (Å²) in [5.41, 5.74) is 6.82. The monoisotopic (exact) mass is 260 g/mol. The standard InChI is InChI=1S/C13H20N6/c1-19(7-4-14)13-8-12(17-10-18-13)16-6-3-11-2-5-15-9-11/h2,5,8-10,15H,3-4,6-7,14H2,1H3,(H,16,17,18). The van der Waals surface area contributed by atoms with Crippen molar-refractivity contribution in [2.75, 3.05) is 36.9 Å². The Morgan fingerprint density at radius 1 is 1.42 bits per heavy atom. The first-order chi connectivity index (χ1) is 9.29. The Bertz CT molecular complexity index is 482. The highest BCUT2D eigenvalue weighted by Gasteiger charge is 2.03. The number of aromatic nitrogens is 3. The Kier molecular flexibility index (Phi) is 4.74. The summed E-state index contributed by atoms with van der Waals surface area (Å²) in [4.78, 5) is 13.5. The first kappa shape index (κ1) is 13.4. The molecule has 4 N–H and O–H groups in total. The molecular weight excluding hydrogens is 240 g/mol. The topological polar surface area (TPSA) is 82.9 Å². The Morgan fingerprint density at radius 3 is 3.05 bits per heavy atom. The van der Waals surface area contributed by atoms with Gasteiger partial charge >= 0.3 is 0 Å². The molecule has 2 aromatic rings. The minimum absolute atomic E-state index is 0.608. The van der Waals surface area contributed by atoms with Crippen molar-refractivity contribution in [2.24, 2.45) is 5.73 Å². The molecule has 0 fully saturated rings. The Hall–Kier alpha value is -2.08. The maximum absolute atomic E-state index is 5.54. The summed E-state index contributed by atoms with van der Waals surface area (Å²) in [5.74, 6) is 1.72. The third-order valence-corrected chi connectivity index (χ3v) is 2.89. The van der Waals surface area contributed by atoms with Crippen molar-refractivity contribution >= 4 is 11.6 Å². The van der Waals surface area contributed by atoms with Crippen molar-refractivity contribution < 1.29 is 0 Å². The molecule has 0 aliphatic carbocycles. The number of nitrogens with one attached hydrogen (secondary N) is 2. The van der Waals surface area contributed by atoms with Gasteiger partial charge in [-0.3, -0.25) is 0 Å². The summed E-state index contributed by atoms with van der Waals surface area (Å²) >= 11 is 0. The van der Waals surface area contributed by atoms with E-state index in [9.17, 15) is 0 Å². The average Bonchev–Trinajstić information content (AvgIpc) is 2.93. The Labute approximate surface area is 113 Å². The van der Waals surface area contributed by atoms with E-state index in [0.717, 1.165) is 31.1 Å². The van der Waals surface area contributed by atoms with Crippen LogP contribution in [-0.2, 0) is 6.42 Å². The summed E-state index contributed by atoms with van der Waals surface area (Å²) in [5, 5.41) is 3.30. The minimum Gasteiger partial charge on any atom is -0.370 e. The van der Waals surface area contributed by atoms with Crippen LogP contribution in [0.15, 0.2) is 30.9 Å². The van der Waals surface area contributed by atoms with Gasteiger partial charge in [-0.1, -0.05) is 0 Å². The molecule has 0 saturated heterocycles. The number of hydrogen-bond donors (Lipinski definition) is 3. The first-order valence-electron chi connectivity index (χ1n) is 6.38. The van der Waals surface area contributed by atoms with Crippen molar-refractivity contribution in [2.45, 2.75) is 6.42 Å². The highest BCUT2D eigenvalue weighted by atomic mass is 15.2. The molecule has 0 aliphatic heterocycles. The molecule has 0 unspecified atom stereocenters. The summed E-state index contributed by atoms with van der Waals surface area (Å²) < 4.78 is 0. The lowest BCUT2D eigenvalue weighted by Crippen LogP contribution is -2.25. The Balaban J connectivity index is 1.88. The molecular formula is C13H20N6. The second-order valence-electron chi connectivity index (χ2n) is 4.37. The van der Waals surface area contributed by atoms with Gasteiger partial charge in [0, 0.05) is 45.1 Å². The van der Waals surface area contributed by atoms with Crippen LogP contribution in [0.5, 0.6) is 0 Å². The number of rotatable bonds is 7. The van der Waals surface area contributed by atoms with Crippen LogP contribution in [0.3, 0.4) is 0 Å². The molecule has 6 heteroatoms. The van der Waals surface area contributed by atoms with Gasteiger partial charge in [0.1, 0.15) is 18.0 Å². The maximum Gasteiger partial charge on any atom is 0.133 e. The van der Waals surface area contributed by atoms with Crippen LogP contribution in [0.1, 0.15) is 5.56 Å². The number of aromatic amines is 1. The molecule has 0 spiro atoms. The van der Waals surface area contributed by atoms with Gasteiger partial charge in [-0.15, -0.1) is 0 Å². The van der Waals surface area contributed by atoms with E-state index in [2.05, 4.69) is 26.3 Å². The Morgan fingerprint density at radius 2 is 2.32 bits per heavy atom. The molecule has 2 rings (SSSR count). The van der Waals surface area contributed by atoms with Crippen LogP contribution in [0.4, 0.5) is 11.6 Å². The fraction of sp³-hybridized carbons (Fsp3) is 0.385. The summed E-state index contributed by atoms with van der Waals surface area (Å²) in [7, 11) is 1.97. The van der Waals surface area contributed by atoms with E-state index in [0.29, 0.717) is 6.54 Å². The summed E-state index contributed by atoms with van der Waals surface area (Å²) in [6.45, 7) is 2.23. The van der Waals surface area contributed by atoms with Crippen LogP contribution in [0.2, 0.25) is 0 Å². The predicted molar refractivity (Wildman–Crippen MR) is 77.3 cm³/mol. The molecule has 2 aromatic heterocycles. The van der Waals surface area contributed by atoms with Crippen LogP contribution in [0.25, 0.3) is 0 Å². The lowest BCUT2D eigenvalue weighted by atomic mass is 10.2. The largest absolute Gasteiger partial charge is 0.370 e. The highest BCUT2D eigenvalue weighted by molar-refractivity contribution is 5.47. The zero-order valence-electron chi connectivity index (χ0n) is 11.1. The number of likely N-dealkylation sites (N-methyl/N-ethyl adjacent to an activating group) is 1. The normalized spacial score (nSPS) is 10.4. The van der Waals surface area contributed by atoms with E-state index in [1.54, 1.807) is 6.33 Å². The lowest BCUT2D eigenvalue weighted by molar-refractivity contribution is 0.863.